The Labute approximate surface area is 95.9 Å². The highest BCUT2D eigenvalue weighted by Crippen LogP contribution is 2.14. The number of nitrogens with one attached hydrogen (secondary N) is 1. The van der Waals surface area contributed by atoms with E-state index in [9.17, 15) is 0 Å². The fraction of sp³-hybridized carbons (Fsp3) is 0.417. The largest absolute Gasteiger partial charge is 0.364 e. The van der Waals surface area contributed by atoms with Crippen molar-refractivity contribution in [1.82, 2.24) is 14.3 Å². The highest BCUT2D eigenvalue weighted by molar-refractivity contribution is 5.36. The van der Waals surface area contributed by atoms with E-state index in [0.717, 1.165) is 12.4 Å². The zero-order chi connectivity index (χ0) is 11.7. The molecule has 2 rings (SSSR count). The Balaban J connectivity index is 2.07. The van der Waals surface area contributed by atoms with Gasteiger partial charge in [0.1, 0.15) is 5.82 Å². The molecule has 1 N–H and O–H groups in total. The number of rotatable bonds is 3. The van der Waals surface area contributed by atoms with Crippen LogP contribution in [0.5, 0.6) is 0 Å². The van der Waals surface area contributed by atoms with Crippen molar-refractivity contribution >= 4 is 5.82 Å². The maximum absolute atomic E-state index is 4.28. The van der Waals surface area contributed by atoms with E-state index in [4.69, 9.17) is 0 Å². The molecule has 2 aromatic heterocycles. The Morgan fingerprint density at radius 2 is 2.06 bits per heavy atom. The van der Waals surface area contributed by atoms with E-state index in [1.54, 1.807) is 4.68 Å². The molecule has 0 saturated carbocycles. The molecule has 0 fully saturated rings. The van der Waals surface area contributed by atoms with E-state index in [2.05, 4.69) is 41.9 Å². The molecule has 0 unspecified atom stereocenters. The third kappa shape index (κ3) is 1.96. The molecular weight excluding hydrogens is 200 g/mol. The Hall–Kier alpha value is -1.71. The first kappa shape index (κ1) is 10.8. The molecule has 0 aliphatic rings. The lowest BCUT2D eigenvalue weighted by atomic mass is 10.2. The lowest BCUT2D eigenvalue weighted by Gasteiger charge is -2.03. The van der Waals surface area contributed by atoms with Gasteiger partial charge in [0.2, 0.25) is 0 Å². The van der Waals surface area contributed by atoms with Crippen molar-refractivity contribution in [2.75, 3.05) is 5.32 Å². The summed E-state index contributed by atoms with van der Waals surface area (Å²) < 4.78 is 4.00. The summed E-state index contributed by atoms with van der Waals surface area (Å²) in [6, 6.07) is 4.19. The SMILES string of the molecule is Cc1cc(CNc2ccn(C)n2)c(C)n1C. The summed E-state index contributed by atoms with van der Waals surface area (Å²) in [5.41, 5.74) is 3.92. The van der Waals surface area contributed by atoms with Crippen molar-refractivity contribution in [2.24, 2.45) is 14.1 Å². The van der Waals surface area contributed by atoms with Gasteiger partial charge in [0.25, 0.3) is 0 Å². The number of nitrogens with zero attached hydrogens (tertiary/aromatic N) is 3. The molecule has 0 aromatic carbocycles. The van der Waals surface area contributed by atoms with Gasteiger partial charge in [0, 0.05) is 44.3 Å². The van der Waals surface area contributed by atoms with E-state index >= 15 is 0 Å². The fourth-order valence-corrected chi connectivity index (χ4v) is 1.81. The highest BCUT2D eigenvalue weighted by atomic mass is 15.3. The molecule has 0 aliphatic heterocycles. The summed E-state index contributed by atoms with van der Waals surface area (Å²) >= 11 is 0. The molecule has 4 heteroatoms. The Kier molecular flexibility index (Phi) is 2.73. The number of hydrogen-bond donors (Lipinski definition) is 1. The lowest BCUT2D eigenvalue weighted by Crippen LogP contribution is -2.02. The van der Waals surface area contributed by atoms with Gasteiger partial charge in [-0.05, 0) is 25.5 Å². The summed E-state index contributed by atoms with van der Waals surface area (Å²) in [5.74, 6) is 0.920. The number of anilines is 1. The smallest absolute Gasteiger partial charge is 0.148 e. The van der Waals surface area contributed by atoms with Gasteiger partial charge in [-0.1, -0.05) is 0 Å². The first-order valence-corrected chi connectivity index (χ1v) is 5.43. The second-order valence-corrected chi connectivity index (χ2v) is 4.18. The highest BCUT2D eigenvalue weighted by Gasteiger charge is 2.05. The average Bonchev–Trinajstić information content (AvgIpc) is 2.76. The molecule has 2 heterocycles. The summed E-state index contributed by atoms with van der Waals surface area (Å²) in [6.45, 7) is 5.09. The molecule has 0 bridgehead atoms. The van der Waals surface area contributed by atoms with Gasteiger partial charge in [-0.25, -0.2) is 0 Å². The van der Waals surface area contributed by atoms with Gasteiger partial charge in [0.05, 0.1) is 0 Å². The van der Waals surface area contributed by atoms with Crippen LogP contribution < -0.4 is 5.32 Å². The van der Waals surface area contributed by atoms with Crippen molar-refractivity contribution in [3.05, 3.63) is 35.3 Å². The minimum Gasteiger partial charge on any atom is -0.364 e. The summed E-state index contributed by atoms with van der Waals surface area (Å²) in [4.78, 5) is 0. The number of aromatic nitrogens is 3. The summed E-state index contributed by atoms with van der Waals surface area (Å²) in [7, 11) is 4.01. The topological polar surface area (TPSA) is 34.8 Å². The van der Waals surface area contributed by atoms with Crippen LogP contribution in [0.4, 0.5) is 5.82 Å². The first-order valence-electron chi connectivity index (χ1n) is 5.43. The molecule has 86 valence electrons. The van der Waals surface area contributed by atoms with Crippen LogP contribution >= 0.6 is 0 Å². The van der Waals surface area contributed by atoms with Gasteiger partial charge in [-0.15, -0.1) is 0 Å². The van der Waals surface area contributed by atoms with Gasteiger partial charge in [-0.2, -0.15) is 5.10 Å². The third-order valence-corrected chi connectivity index (χ3v) is 3.05. The molecule has 4 nitrogen and oxygen atoms in total. The Morgan fingerprint density at radius 1 is 1.31 bits per heavy atom. The quantitative estimate of drug-likeness (QED) is 0.855. The van der Waals surface area contributed by atoms with Crippen LogP contribution in [0, 0.1) is 13.8 Å². The molecule has 0 radical (unpaired) electrons. The van der Waals surface area contributed by atoms with Crippen molar-refractivity contribution in [3.63, 3.8) is 0 Å². The van der Waals surface area contributed by atoms with Crippen LogP contribution in [0.15, 0.2) is 18.3 Å². The van der Waals surface area contributed by atoms with Crippen LogP contribution in [-0.4, -0.2) is 14.3 Å². The second kappa shape index (κ2) is 4.04. The van der Waals surface area contributed by atoms with Crippen molar-refractivity contribution in [3.8, 4) is 0 Å². The minimum atomic E-state index is 0.824. The van der Waals surface area contributed by atoms with Gasteiger partial charge >= 0.3 is 0 Å². The van der Waals surface area contributed by atoms with Crippen molar-refractivity contribution in [1.29, 1.82) is 0 Å². The van der Waals surface area contributed by atoms with Gasteiger partial charge in [0.15, 0.2) is 0 Å². The van der Waals surface area contributed by atoms with Crippen molar-refractivity contribution < 1.29 is 0 Å². The zero-order valence-electron chi connectivity index (χ0n) is 10.3. The molecule has 0 aliphatic carbocycles. The zero-order valence-corrected chi connectivity index (χ0v) is 10.3. The van der Waals surface area contributed by atoms with E-state index in [1.807, 2.05) is 19.3 Å². The predicted octanol–water partition coefficient (Wildman–Crippen LogP) is 1.99. The molecule has 0 spiro atoms. The van der Waals surface area contributed by atoms with Gasteiger partial charge in [-0.3, -0.25) is 4.68 Å². The van der Waals surface area contributed by atoms with Crippen LogP contribution in [-0.2, 0) is 20.6 Å². The maximum atomic E-state index is 4.28. The second-order valence-electron chi connectivity index (χ2n) is 4.18. The van der Waals surface area contributed by atoms with E-state index in [1.165, 1.54) is 17.0 Å². The molecule has 0 amide bonds. The van der Waals surface area contributed by atoms with Crippen LogP contribution in [0.2, 0.25) is 0 Å². The molecular formula is C12H18N4. The van der Waals surface area contributed by atoms with E-state index in [-0.39, 0.29) is 0 Å². The van der Waals surface area contributed by atoms with Gasteiger partial charge < -0.3 is 9.88 Å². The van der Waals surface area contributed by atoms with Crippen LogP contribution in [0.3, 0.4) is 0 Å². The normalized spacial score (nSPS) is 10.8. The first-order chi connectivity index (χ1) is 7.58. The van der Waals surface area contributed by atoms with Crippen LogP contribution in [0.25, 0.3) is 0 Å². The minimum absolute atomic E-state index is 0.824. The van der Waals surface area contributed by atoms with Crippen LogP contribution in [0.1, 0.15) is 17.0 Å². The van der Waals surface area contributed by atoms with E-state index < -0.39 is 0 Å². The molecule has 0 saturated heterocycles. The average molecular weight is 218 g/mol. The van der Waals surface area contributed by atoms with E-state index in [0.29, 0.717) is 0 Å². The number of hydrogen-bond acceptors (Lipinski definition) is 2. The maximum Gasteiger partial charge on any atom is 0.148 e. The molecule has 16 heavy (non-hydrogen) atoms. The monoisotopic (exact) mass is 218 g/mol. The Morgan fingerprint density at radius 3 is 2.56 bits per heavy atom. The standard InChI is InChI=1S/C12H18N4/c1-9-7-11(10(2)16(9)4)8-13-12-5-6-15(3)14-12/h5-7H,8H2,1-4H3,(H,13,14). The molecule has 0 atom stereocenters. The van der Waals surface area contributed by atoms with Crippen molar-refractivity contribution in [2.45, 2.75) is 20.4 Å². The number of aryl methyl sites for hydroxylation is 2. The lowest BCUT2D eigenvalue weighted by molar-refractivity contribution is 0.768. The predicted molar refractivity (Wildman–Crippen MR) is 65.4 cm³/mol. The fourth-order valence-electron chi connectivity index (χ4n) is 1.81. The summed E-state index contributed by atoms with van der Waals surface area (Å²) in [6.07, 6.45) is 1.94. The molecule has 2 aromatic rings. The Bertz CT molecular complexity index is 493. The summed E-state index contributed by atoms with van der Waals surface area (Å²) in [5, 5.41) is 7.60. The third-order valence-electron chi connectivity index (χ3n) is 3.05.